The molecule has 0 radical (unpaired) electrons. The van der Waals surface area contributed by atoms with Crippen LogP contribution in [0.25, 0.3) is 21.8 Å². The summed E-state index contributed by atoms with van der Waals surface area (Å²) in [4.78, 5) is 15.9. The second kappa shape index (κ2) is 9.68. The molecule has 0 saturated heterocycles. The molecule has 3 N–H and O–H groups in total. The smallest absolute Gasteiger partial charge is 0.355 e. The Kier molecular flexibility index (Phi) is 6.66. The minimum Gasteiger partial charge on any atom is -0.476 e. The van der Waals surface area contributed by atoms with Crippen LogP contribution >= 0.6 is 11.3 Å². The van der Waals surface area contributed by atoms with E-state index in [9.17, 15) is 31.5 Å². The Hall–Kier alpha value is -3.48. The summed E-state index contributed by atoms with van der Waals surface area (Å²) in [6.07, 6.45) is 2.61. The van der Waals surface area contributed by atoms with Crippen molar-refractivity contribution in [1.82, 2.24) is 9.55 Å². The van der Waals surface area contributed by atoms with Crippen LogP contribution in [0.15, 0.2) is 47.4 Å². The molecule has 0 bridgehead atoms. The van der Waals surface area contributed by atoms with E-state index in [1.54, 1.807) is 13.0 Å². The number of rotatable bonds is 8. The summed E-state index contributed by atoms with van der Waals surface area (Å²) in [5.41, 5.74) is 2.65. The van der Waals surface area contributed by atoms with Crippen LogP contribution in [-0.4, -0.2) is 29.0 Å². The maximum Gasteiger partial charge on any atom is 0.355 e. The highest BCUT2D eigenvalue weighted by molar-refractivity contribution is 7.89. The van der Waals surface area contributed by atoms with Crippen molar-refractivity contribution in [3.05, 3.63) is 81.7 Å². The third-order valence-electron chi connectivity index (χ3n) is 6.48. The summed E-state index contributed by atoms with van der Waals surface area (Å²) in [6, 6.07) is 8.86. The molecule has 0 unspecified atom stereocenters. The zero-order valence-electron chi connectivity index (χ0n) is 20.0. The van der Waals surface area contributed by atoms with Crippen molar-refractivity contribution >= 4 is 27.3 Å². The van der Waals surface area contributed by atoms with E-state index in [2.05, 4.69) is 4.98 Å². The number of primary sulfonamides is 1. The van der Waals surface area contributed by atoms with E-state index in [4.69, 9.17) is 5.14 Å². The standard InChI is InChI=1S/C26H22F3N3O4S2/c1-13-24(26(33)34)31-25(37-13)17-11-21(16-5-6-18(27)19(28)10-16)32(22(17)9-14-2-3-14)12-15-4-7-23(20(29)8-15)38(30,35)36/h4-8,10-11,14H,2-3,9,12H2,1H3,(H,33,34)(H2,30,35,36). The maximum absolute atomic E-state index is 14.7. The van der Waals surface area contributed by atoms with Gasteiger partial charge in [0.1, 0.15) is 15.7 Å². The number of nitrogens with two attached hydrogens (primary N) is 1. The van der Waals surface area contributed by atoms with Gasteiger partial charge < -0.3 is 9.67 Å². The number of nitrogens with zero attached hydrogens (tertiary/aromatic N) is 2. The van der Waals surface area contributed by atoms with Crippen LogP contribution in [0, 0.1) is 30.3 Å². The maximum atomic E-state index is 14.7. The van der Waals surface area contributed by atoms with Crippen molar-refractivity contribution < 1.29 is 31.5 Å². The van der Waals surface area contributed by atoms with Gasteiger partial charge in [-0.1, -0.05) is 6.07 Å². The van der Waals surface area contributed by atoms with Crippen LogP contribution in [0.4, 0.5) is 13.2 Å². The van der Waals surface area contributed by atoms with Gasteiger partial charge in [0, 0.05) is 33.9 Å². The quantitative estimate of drug-likeness (QED) is 0.301. The number of thiazole rings is 1. The molecule has 0 spiro atoms. The number of benzene rings is 2. The summed E-state index contributed by atoms with van der Waals surface area (Å²) < 4.78 is 67.8. The number of carbonyl (C=O) groups is 1. The zero-order valence-corrected chi connectivity index (χ0v) is 21.7. The van der Waals surface area contributed by atoms with E-state index in [0.717, 1.165) is 42.8 Å². The molecule has 38 heavy (non-hydrogen) atoms. The van der Waals surface area contributed by atoms with Gasteiger partial charge in [0.15, 0.2) is 17.3 Å². The van der Waals surface area contributed by atoms with Crippen LogP contribution in [-0.2, 0) is 23.0 Å². The molecule has 1 fully saturated rings. The van der Waals surface area contributed by atoms with Crippen molar-refractivity contribution in [1.29, 1.82) is 0 Å². The van der Waals surface area contributed by atoms with E-state index < -0.39 is 38.3 Å². The van der Waals surface area contributed by atoms with Crippen LogP contribution in [0.3, 0.4) is 0 Å². The summed E-state index contributed by atoms with van der Waals surface area (Å²) in [7, 11) is -4.25. The van der Waals surface area contributed by atoms with Crippen molar-refractivity contribution in [2.75, 3.05) is 0 Å². The number of halogens is 3. The molecular formula is C26H22F3N3O4S2. The molecule has 2 aromatic heterocycles. The van der Waals surface area contributed by atoms with Crippen LogP contribution in [0.1, 0.15) is 39.5 Å². The van der Waals surface area contributed by atoms with Crippen LogP contribution in [0.2, 0.25) is 0 Å². The second-order valence-electron chi connectivity index (χ2n) is 9.29. The van der Waals surface area contributed by atoms with Crippen molar-refractivity contribution in [3.63, 3.8) is 0 Å². The number of hydrogen-bond acceptors (Lipinski definition) is 5. The average molecular weight is 562 g/mol. The number of aromatic carboxylic acids is 1. The molecule has 12 heteroatoms. The first-order chi connectivity index (χ1) is 17.9. The fourth-order valence-corrected chi connectivity index (χ4v) is 5.96. The van der Waals surface area contributed by atoms with Gasteiger partial charge in [-0.25, -0.2) is 36.5 Å². The van der Waals surface area contributed by atoms with Crippen molar-refractivity contribution in [2.24, 2.45) is 11.1 Å². The van der Waals surface area contributed by atoms with Crippen molar-refractivity contribution in [2.45, 2.75) is 37.6 Å². The van der Waals surface area contributed by atoms with Gasteiger partial charge in [0.2, 0.25) is 10.0 Å². The van der Waals surface area contributed by atoms with Gasteiger partial charge in [0.25, 0.3) is 0 Å². The Balaban J connectivity index is 1.71. The molecule has 5 rings (SSSR count). The first-order valence-electron chi connectivity index (χ1n) is 11.6. The molecule has 198 valence electrons. The number of carboxylic acid groups (broad SMARTS) is 1. The highest BCUT2D eigenvalue weighted by atomic mass is 32.2. The minimum absolute atomic E-state index is 0.0647. The lowest BCUT2D eigenvalue weighted by Gasteiger charge is -2.16. The van der Waals surface area contributed by atoms with Gasteiger partial charge >= 0.3 is 5.97 Å². The summed E-state index contributed by atoms with van der Waals surface area (Å²) in [6.45, 7) is 1.74. The molecule has 1 saturated carbocycles. The molecule has 7 nitrogen and oxygen atoms in total. The SMILES string of the molecule is Cc1sc(-c2cc(-c3ccc(F)c(F)c3)n(Cc3ccc(S(N)(=O)=O)c(F)c3)c2CC2CC2)nc1C(=O)O. The molecule has 1 aliphatic rings. The zero-order chi connectivity index (χ0) is 27.4. The third kappa shape index (κ3) is 5.11. The van der Waals surface area contributed by atoms with Gasteiger partial charge in [-0.15, -0.1) is 11.3 Å². The first kappa shape index (κ1) is 26.1. The predicted octanol–water partition coefficient (Wildman–Crippen LogP) is 5.35. The Morgan fingerprint density at radius 1 is 1.11 bits per heavy atom. The molecule has 4 aromatic rings. The number of aryl methyl sites for hydroxylation is 1. The number of hydrogen-bond donors (Lipinski definition) is 2. The lowest BCUT2D eigenvalue weighted by molar-refractivity contribution is 0.0690. The van der Waals surface area contributed by atoms with E-state index >= 15 is 0 Å². The van der Waals surface area contributed by atoms with E-state index in [1.807, 2.05) is 4.57 Å². The van der Waals surface area contributed by atoms with Crippen LogP contribution in [0.5, 0.6) is 0 Å². The molecule has 0 amide bonds. The number of sulfonamides is 1. The topological polar surface area (TPSA) is 115 Å². The third-order valence-corrected chi connectivity index (χ3v) is 8.42. The predicted molar refractivity (Wildman–Crippen MR) is 136 cm³/mol. The Morgan fingerprint density at radius 3 is 2.42 bits per heavy atom. The molecule has 0 aliphatic heterocycles. The van der Waals surface area contributed by atoms with E-state index in [-0.39, 0.29) is 12.2 Å². The normalized spacial score (nSPS) is 13.7. The fraction of sp³-hybridized carbons (Fsp3) is 0.231. The highest BCUT2D eigenvalue weighted by Crippen LogP contribution is 2.41. The molecule has 2 heterocycles. The Morgan fingerprint density at radius 2 is 1.84 bits per heavy atom. The number of carboxylic acids is 1. The van der Waals surface area contributed by atoms with Gasteiger partial charge in [0.05, 0.1) is 0 Å². The molecular weight excluding hydrogens is 539 g/mol. The van der Waals surface area contributed by atoms with Gasteiger partial charge in [-0.05, 0) is 74.1 Å². The molecule has 2 aromatic carbocycles. The summed E-state index contributed by atoms with van der Waals surface area (Å²) in [5.74, 6) is -3.83. The minimum atomic E-state index is -4.25. The Bertz CT molecular complexity index is 1690. The largest absolute Gasteiger partial charge is 0.476 e. The van der Waals surface area contributed by atoms with Gasteiger partial charge in [-0.2, -0.15) is 0 Å². The summed E-state index contributed by atoms with van der Waals surface area (Å²) in [5, 5.41) is 15.1. The Labute approximate surface area is 220 Å². The fourth-order valence-electron chi connectivity index (χ4n) is 4.43. The first-order valence-corrected chi connectivity index (χ1v) is 14.0. The average Bonchev–Trinajstić information content (AvgIpc) is 3.47. The molecule has 0 atom stereocenters. The molecule has 1 aliphatic carbocycles. The second-order valence-corrected chi connectivity index (χ2v) is 12.0. The summed E-state index contributed by atoms with van der Waals surface area (Å²) >= 11 is 1.21. The van der Waals surface area contributed by atoms with E-state index in [1.165, 1.54) is 23.5 Å². The van der Waals surface area contributed by atoms with E-state index in [0.29, 0.717) is 44.6 Å². The lowest BCUT2D eigenvalue weighted by atomic mass is 10.1. The van der Waals surface area contributed by atoms with Crippen LogP contribution < -0.4 is 5.14 Å². The number of aromatic nitrogens is 2. The highest BCUT2D eigenvalue weighted by Gasteiger charge is 2.29. The lowest BCUT2D eigenvalue weighted by Crippen LogP contribution is -2.14. The monoisotopic (exact) mass is 561 g/mol. The van der Waals surface area contributed by atoms with Gasteiger partial charge in [-0.3, -0.25) is 0 Å². The van der Waals surface area contributed by atoms with Crippen molar-refractivity contribution in [3.8, 4) is 21.8 Å².